The highest BCUT2D eigenvalue weighted by atomic mass is 32.2. The van der Waals surface area contributed by atoms with Crippen LogP contribution in [0.15, 0.2) is 41.3 Å². The summed E-state index contributed by atoms with van der Waals surface area (Å²) in [5.41, 5.74) is 2.61. The first-order chi connectivity index (χ1) is 17.2. The SMILES string of the molecule is CCn1nnnc1CC(=O)Nc1cc(C(C)C)ccc1CCNS(=O)(=O)c1cc(C#N)ccc1OC. The Hall–Kier alpha value is -3.82. The number of carbonyl (C=O) groups is 1. The van der Waals surface area contributed by atoms with Crippen molar-refractivity contribution in [2.75, 3.05) is 19.0 Å². The number of rotatable bonds is 11. The highest BCUT2D eigenvalue weighted by molar-refractivity contribution is 7.89. The molecule has 0 spiro atoms. The van der Waals surface area contributed by atoms with E-state index in [1.807, 2.05) is 45.0 Å². The van der Waals surface area contributed by atoms with Crippen LogP contribution < -0.4 is 14.8 Å². The van der Waals surface area contributed by atoms with Crippen LogP contribution in [0, 0.1) is 11.3 Å². The first-order valence-corrected chi connectivity index (χ1v) is 12.9. The zero-order chi connectivity index (χ0) is 26.3. The number of carbonyl (C=O) groups excluding carboxylic acids is 1. The van der Waals surface area contributed by atoms with Crippen molar-refractivity contribution in [2.45, 2.75) is 51.0 Å². The topological polar surface area (TPSA) is 152 Å². The molecule has 1 aromatic heterocycles. The summed E-state index contributed by atoms with van der Waals surface area (Å²) in [6, 6.07) is 11.9. The Morgan fingerprint density at radius 2 is 2.00 bits per heavy atom. The summed E-state index contributed by atoms with van der Waals surface area (Å²) in [5, 5.41) is 23.4. The van der Waals surface area contributed by atoms with Gasteiger partial charge < -0.3 is 10.1 Å². The summed E-state index contributed by atoms with van der Waals surface area (Å²) >= 11 is 0. The van der Waals surface area contributed by atoms with Gasteiger partial charge in [0.25, 0.3) is 0 Å². The summed E-state index contributed by atoms with van der Waals surface area (Å²) in [5.74, 6) is 0.559. The van der Waals surface area contributed by atoms with Gasteiger partial charge in [-0.2, -0.15) is 5.26 Å². The summed E-state index contributed by atoms with van der Waals surface area (Å²) in [6.07, 6.45) is 0.327. The number of methoxy groups -OCH3 is 1. The van der Waals surface area contributed by atoms with Crippen molar-refractivity contribution in [3.63, 3.8) is 0 Å². The molecule has 0 aliphatic rings. The number of nitriles is 1. The van der Waals surface area contributed by atoms with Crippen LogP contribution in [0.2, 0.25) is 0 Å². The number of anilines is 1. The second-order valence-corrected chi connectivity index (χ2v) is 10.1. The van der Waals surface area contributed by atoms with Crippen LogP contribution in [0.1, 0.15) is 49.2 Å². The smallest absolute Gasteiger partial charge is 0.244 e. The average molecular weight is 512 g/mol. The third-order valence-electron chi connectivity index (χ3n) is 5.57. The van der Waals surface area contributed by atoms with Crippen molar-refractivity contribution >= 4 is 21.6 Å². The Labute approximate surface area is 210 Å². The first kappa shape index (κ1) is 26.8. The van der Waals surface area contributed by atoms with E-state index < -0.39 is 10.0 Å². The molecular weight excluding hydrogens is 482 g/mol. The van der Waals surface area contributed by atoms with Crippen LogP contribution in [0.25, 0.3) is 0 Å². The molecule has 0 atom stereocenters. The molecule has 0 radical (unpaired) electrons. The number of benzene rings is 2. The lowest BCUT2D eigenvalue weighted by molar-refractivity contribution is -0.115. The summed E-state index contributed by atoms with van der Waals surface area (Å²) < 4.78 is 35.1. The van der Waals surface area contributed by atoms with Crippen molar-refractivity contribution in [3.05, 3.63) is 58.9 Å². The van der Waals surface area contributed by atoms with Crippen molar-refractivity contribution < 1.29 is 17.9 Å². The second-order valence-electron chi connectivity index (χ2n) is 8.33. The Kier molecular flexibility index (Phi) is 8.73. The van der Waals surface area contributed by atoms with Crippen molar-refractivity contribution in [1.29, 1.82) is 5.26 Å². The number of hydrogen-bond donors (Lipinski definition) is 2. The number of aromatic nitrogens is 4. The molecular formula is C24H29N7O4S. The Morgan fingerprint density at radius 1 is 1.22 bits per heavy atom. The molecule has 3 rings (SSSR count). The largest absolute Gasteiger partial charge is 0.495 e. The first-order valence-electron chi connectivity index (χ1n) is 11.4. The monoisotopic (exact) mass is 511 g/mol. The van der Waals surface area contributed by atoms with E-state index in [2.05, 4.69) is 25.6 Å². The van der Waals surface area contributed by atoms with E-state index in [9.17, 15) is 13.2 Å². The molecule has 0 aliphatic carbocycles. The lowest BCUT2D eigenvalue weighted by Crippen LogP contribution is -2.27. The van der Waals surface area contributed by atoms with Gasteiger partial charge >= 0.3 is 0 Å². The number of amides is 1. The second kappa shape index (κ2) is 11.7. The Balaban J connectivity index is 1.77. The van der Waals surface area contributed by atoms with Crippen molar-refractivity contribution in [2.24, 2.45) is 0 Å². The minimum atomic E-state index is -3.94. The molecule has 0 fully saturated rings. The van der Waals surface area contributed by atoms with Crippen LogP contribution >= 0.6 is 0 Å². The third-order valence-corrected chi connectivity index (χ3v) is 7.05. The normalized spacial score (nSPS) is 11.3. The third kappa shape index (κ3) is 6.44. The zero-order valence-corrected chi connectivity index (χ0v) is 21.5. The quantitative estimate of drug-likeness (QED) is 0.398. The summed E-state index contributed by atoms with van der Waals surface area (Å²) in [6.45, 7) is 6.60. The fourth-order valence-corrected chi connectivity index (χ4v) is 4.80. The van der Waals surface area contributed by atoms with Gasteiger partial charge in [-0.3, -0.25) is 4.79 Å². The number of aryl methyl sites for hydroxylation is 1. The molecule has 0 bridgehead atoms. The van der Waals surface area contributed by atoms with E-state index in [1.165, 1.54) is 25.3 Å². The molecule has 2 N–H and O–H groups in total. The van der Waals surface area contributed by atoms with Gasteiger partial charge in [0.05, 0.1) is 25.2 Å². The molecule has 0 unspecified atom stereocenters. The molecule has 3 aromatic rings. The standard InChI is InChI=1S/C24H29N7O4S/c1-5-31-23(28-29-30-31)14-24(32)27-20-13-19(16(2)3)8-7-18(20)10-11-26-36(33,34)22-12-17(15-25)6-9-21(22)35-4/h6-9,12-13,16,26H,5,10-11,14H2,1-4H3,(H,27,32). The van der Waals surface area contributed by atoms with Crippen LogP contribution in [0.4, 0.5) is 5.69 Å². The number of hydrogen-bond acceptors (Lipinski definition) is 8. The number of nitrogens with one attached hydrogen (secondary N) is 2. The van der Waals surface area contributed by atoms with Crippen LogP contribution in [-0.4, -0.2) is 48.2 Å². The molecule has 0 aliphatic heterocycles. The molecule has 11 nitrogen and oxygen atoms in total. The lowest BCUT2D eigenvalue weighted by Gasteiger charge is -2.16. The minimum Gasteiger partial charge on any atom is -0.495 e. The summed E-state index contributed by atoms with van der Waals surface area (Å²) in [4.78, 5) is 12.6. The van der Waals surface area contributed by atoms with E-state index in [0.29, 0.717) is 24.5 Å². The van der Waals surface area contributed by atoms with Crippen molar-refractivity contribution in [3.8, 4) is 11.8 Å². The van der Waals surface area contributed by atoms with E-state index in [-0.39, 0.29) is 41.0 Å². The van der Waals surface area contributed by atoms with Crippen LogP contribution in [0.3, 0.4) is 0 Å². The summed E-state index contributed by atoms with van der Waals surface area (Å²) in [7, 11) is -2.58. The van der Waals surface area contributed by atoms with E-state index in [0.717, 1.165) is 11.1 Å². The van der Waals surface area contributed by atoms with E-state index >= 15 is 0 Å². The average Bonchev–Trinajstić information content (AvgIpc) is 3.31. The predicted octanol–water partition coefficient (Wildman–Crippen LogP) is 2.40. The maximum atomic E-state index is 12.9. The molecule has 36 heavy (non-hydrogen) atoms. The fourth-order valence-electron chi connectivity index (χ4n) is 3.58. The number of ether oxygens (including phenoxy) is 1. The Morgan fingerprint density at radius 3 is 2.67 bits per heavy atom. The maximum Gasteiger partial charge on any atom is 0.244 e. The van der Waals surface area contributed by atoms with Gasteiger partial charge in [-0.1, -0.05) is 26.0 Å². The van der Waals surface area contributed by atoms with Gasteiger partial charge in [0.15, 0.2) is 5.82 Å². The molecule has 0 saturated heterocycles. The molecule has 0 saturated carbocycles. The van der Waals surface area contributed by atoms with Crippen LogP contribution in [0.5, 0.6) is 5.75 Å². The van der Waals surface area contributed by atoms with Crippen LogP contribution in [-0.2, 0) is 34.2 Å². The number of sulfonamides is 1. The zero-order valence-electron chi connectivity index (χ0n) is 20.6. The van der Waals surface area contributed by atoms with Crippen molar-refractivity contribution in [1.82, 2.24) is 24.9 Å². The van der Waals surface area contributed by atoms with Gasteiger partial charge in [-0.25, -0.2) is 17.8 Å². The van der Waals surface area contributed by atoms with E-state index in [1.54, 1.807) is 4.68 Å². The minimum absolute atomic E-state index is 0.00778. The molecule has 1 amide bonds. The highest BCUT2D eigenvalue weighted by Crippen LogP contribution is 2.26. The van der Waals surface area contributed by atoms with Gasteiger partial charge in [-0.15, -0.1) is 5.10 Å². The fraction of sp³-hybridized carbons (Fsp3) is 0.375. The highest BCUT2D eigenvalue weighted by Gasteiger charge is 2.20. The van der Waals surface area contributed by atoms with Gasteiger partial charge in [0, 0.05) is 18.8 Å². The molecule has 190 valence electrons. The Bertz CT molecular complexity index is 1380. The molecule has 2 aromatic carbocycles. The molecule has 1 heterocycles. The molecule has 12 heteroatoms. The lowest BCUT2D eigenvalue weighted by atomic mass is 9.99. The maximum absolute atomic E-state index is 12.9. The van der Waals surface area contributed by atoms with E-state index in [4.69, 9.17) is 10.00 Å². The van der Waals surface area contributed by atoms with Gasteiger partial charge in [0.1, 0.15) is 10.6 Å². The predicted molar refractivity (Wildman–Crippen MR) is 133 cm³/mol. The number of tetrazole rings is 1. The number of nitrogens with zero attached hydrogens (tertiary/aromatic N) is 5. The van der Waals surface area contributed by atoms with Gasteiger partial charge in [0.2, 0.25) is 15.9 Å². The van der Waals surface area contributed by atoms with Gasteiger partial charge in [-0.05, 0) is 65.1 Å².